The number of rotatable bonds is 6. The Morgan fingerprint density at radius 3 is 2.53 bits per heavy atom. The molecule has 0 N–H and O–H groups in total. The molecule has 2 aliphatic rings. The summed E-state index contributed by atoms with van der Waals surface area (Å²) in [6.07, 6.45) is 7.57. The zero-order chi connectivity index (χ0) is 21.1. The summed E-state index contributed by atoms with van der Waals surface area (Å²) in [7, 11) is 3.30. The van der Waals surface area contributed by atoms with Crippen LogP contribution in [0.1, 0.15) is 61.3 Å². The van der Waals surface area contributed by atoms with Gasteiger partial charge in [-0.15, -0.1) is 0 Å². The molecule has 0 spiro atoms. The van der Waals surface area contributed by atoms with Gasteiger partial charge in [-0.25, -0.2) is 0 Å². The van der Waals surface area contributed by atoms with Gasteiger partial charge < -0.3 is 14.4 Å². The van der Waals surface area contributed by atoms with E-state index < -0.39 is 0 Å². The molecule has 2 aromatic rings. The molecule has 1 fully saturated rings. The molecule has 5 heteroatoms. The molecule has 0 bridgehead atoms. The van der Waals surface area contributed by atoms with E-state index in [1.807, 2.05) is 35.2 Å². The average molecular weight is 428 g/mol. The maximum Gasteiger partial charge on any atom is 0.223 e. The van der Waals surface area contributed by atoms with Crippen molar-refractivity contribution in [3.63, 3.8) is 0 Å². The molecule has 1 aliphatic heterocycles. The van der Waals surface area contributed by atoms with E-state index in [0.717, 1.165) is 29.7 Å². The van der Waals surface area contributed by atoms with E-state index in [4.69, 9.17) is 21.1 Å². The maximum absolute atomic E-state index is 13.3. The fourth-order valence-electron chi connectivity index (χ4n) is 5.02. The largest absolute Gasteiger partial charge is 0.493 e. The summed E-state index contributed by atoms with van der Waals surface area (Å²) in [5.74, 6) is 2.35. The second-order valence-corrected chi connectivity index (χ2v) is 8.83. The predicted molar refractivity (Wildman–Crippen MR) is 119 cm³/mol. The van der Waals surface area contributed by atoms with Crippen LogP contribution < -0.4 is 9.47 Å². The van der Waals surface area contributed by atoms with Crippen LogP contribution in [0.25, 0.3) is 0 Å². The molecular formula is C25H30ClNO3. The molecule has 1 saturated carbocycles. The molecule has 4 rings (SSSR count). The zero-order valence-corrected chi connectivity index (χ0v) is 18.6. The summed E-state index contributed by atoms with van der Waals surface area (Å²) in [4.78, 5) is 15.4. The number of ether oxygens (including phenoxy) is 2. The fourth-order valence-corrected chi connectivity index (χ4v) is 5.22. The van der Waals surface area contributed by atoms with E-state index in [-0.39, 0.29) is 11.9 Å². The molecule has 1 amide bonds. The number of methoxy groups -OCH3 is 2. The number of hydrogen-bond acceptors (Lipinski definition) is 3. The minimum Gasteiger partial charge on any atom is -0.493 e. The molecule has 1 atom stereocenters. The molecule has 30 heavy (non-hydrogen) atoms. The Bertz CT molecular complexity index is 907. The van der Waals surface area contributed by atoms with Crippen molar-refractivity contribution in [2.75, 3.05) is 20.8 Å². The van der Waals surface area contributed by atoms with Crippen LogP contribution in [0.3, 0.4) is 0 Å². The van der Waals surface area contributed by atoms with E-state index in [1.54, 1.807) is 14.2 Å². The number of halogens is 1. The first-order valence-corrected chi connectivity index (χ1v) is 11.3. The topological polar surface area (TPSA) is 38.8 Å². The van der Waals surface area contributed by atoms with Gasteiger partial charge in [0.2, 0.25) is 5.91 Å². The molecule has 0 aromatic heterocycles. The van der Waals surface area contributed by atoms with Crippen LogP contribution in [0.4, 0.5) is 0 Å². The van der Waals surface area contributed by atoms with E-state index in [1.165, 1.54) is 31.2 Å². The van der Waals surface area contributed by atoms with Crippen molar-refractivity contribution in [1.82, 2.24) is 4.90 Å². The number of hydrogen-bond donors (Lipinski definition) is 0. The van der Waals surface area contributed by atoms with E-state index >= 15 is 0 Å². The molecule has 1 unspecified atom stereocenters. The predicted octanol–water partition coefficient (Wildman–Crippen LogP) is 5.80. The summed E-state index contributed by atoms with van der Waals surface area (Å²) in [5.41, 5.74) is 3.32. The highest BCUT2D eigenvalue weighted by molar-refractivity contribution is 6.30. The van der Waals surface area contributed by atoms with Gasteiger partial charge in [-0.3, -0.25) is 4.79 Å². The quantitative estimate of drug-likeness (QED) is 0.584. The number of amides is 1. The van der Waals surface area contributed by atoms with Gasteiger partial charge in [-0.1, -0.05) is 49.4 Å². The van der Waals surface area contributed by atoms with Crippen molar-refractivity contribution >= 4 is 17.5 Å². The Labute approximate surface area is 184 Å². The lowest BCUT2D eigenvalue weighted by Gasteiger charge is -2.38. The Morgan fingerprint density at radius 1 is 1.10 bits per heavy atom. The molecule has 4 nitrogen and oxygen atoms in total. The molecule has 0 radical (unpaired) electrons. The second-order valence-electron chi connectivity index (χ2n) is 8.39. The van der Waals surface area contributed by atoms with Gasteiger partial charge in [-0.2, -0.15) is 0 Å². The Hall–Kier alpha value is -2.20. The van der Waals surface area contributed by atoms with Crippen LogP contribution >= 0.6 is 11.6 Å². The van der Waals surface area contributed by atoms with Gasteiger partial charge in [0.05, 0.1) is 20.3 Å². The molecule has 2 aromatic carbocycles. The minimum absolute atomic E-state index is 0.164. The standard InChI is InChI=1S/C25H30ClNO3/c1-29-22-15-18-12-13-27(24(28)11-10-17-6-3-4-7-17)25(21(18)16-23(22)30-2)19-8-5-9-20(26)14-19/h5,8-9,14-17,25H,3-4,6-7,10-13H2,1-2H3. The first-order chi connectivity index (χ1) is 14.6. The summed E-state index contributed by atoms with van der Waals surface area (Å²) in [6.45, 7) is 0.698. The monoisotopic (exact) mass is 427 g/mol. The number of benzene rings is 2. The van der Waals surface area contributed by atoms with Crippen molar-refractivity contribution in [3.8, 4) is 11.5 Å². The lowest BCUT2D eigenvalue weighted by Crippen LogP contribution is -2.40. The van der Waals surface area contributed by atoms with Gasteiger partial charge in [-0.05, 0) is 59.7 Å². The molecular weight excluding hydrogens is 398 g/mol. The van der Waals surface area contributed by atoms with Crippen LogP contribution in [0, 0.1) is 5.92 Å². The lowest BCUT2D eigenvalue weighted by atomic mass is 9.87. The third kappa shape index (κ3) is 4.29. The van der Waals surface area contributed by atoms with Gasteiger partial charge in [0.15, 0.2) is 11.5 Å². The van der Waals surface area contributed by atoms with Crippen molar-refractivity contribution in [2.45, 2.75) is 51.0 Å². The van der Waals surface area contributed by atoms with Crippen LogP contribution in [0.15, 0.2) is 36.4 Å². The van der Waals surface area contributed by atoms with Gasteiger partial charge in [0.25, 0.3) is 0 Å². The smallest absolute Gasteiger partial charge is 0.223 e. The fraction of sp³-hybridized carbons (Fsp3) is 0.480. The van der Waals surface area contributed by atoms with Crippen LogP contribution in [0.5, 0.6) is 11.5 Å². The van der Waals surface area contributed by atoms with E-state index in [9.17, 15) is 4.79 Å². The number of fused-ring (bicyclic) bond motifs is 1. The molecule has 0 saturated heterocycles. The summed E-state index contributed by atoms with van der Waals surface area (Å²) < 4.78 is 11.1. The summed E-state index contributed by atoms with van der Waals surface area (Å²) in [6, 6.07) is 11.8. The van der Waals surface area contributed by atoms with Crippen molar-refractivity contribution in [2.24, 2.45) is 5.92 Å². The van der Waals surface area contributed by atoms with Crippen LogP contribution in [-0.4, -0.2) is 31.6 Å². The number of carbonyl (C=O) groups is 1. The second kappa shape index (κ2) is 9.30. The van der Waals surface area contributed by atoms with Gasteiger partial charge in [0, 0.05) is 18.0 Å². The van der Waals surface area contributed by atoms with E-state index in [0.29, 0.717) is 29.7 Å². The highest BCUT2D eigenvalue weighted by Crippen LogP contribution is 2.42. The Kier molecular flexibility index (Phi) is 6.52. The third-order valence-corrected chi connectivity index (χ3v) is 6.83. The van der Waals surface area contributed by atoms with Crippen LogP contribution in [-0.2, 0) is 11.2 Å². The number of nitrogens with zero attached hydrogens (tertiary/aromatic N) is 1. The van der Waals surface area contributed by atoms with E-state index in [2.05, 4.69) is 6.07 Å². The SMILES string of the molecule is COc1cc2c(cc1OC)C(c1cccc(Cl)c1)N(C(=O)CCC1CCCC1)CC2. The molecule has 1 aliphatic carbocycles. The molecule has 160 valence electrons. The highest BCUT2D eigenvalue weighted by atomic mass is 35.5. The lowest BCUT2D eigenvalue weighted by molar-refractivity contribution is -0.133. The van der Waals surface area contributed by atoms with Gasteiger partial charge >= 0.3 is 0 Å². The molecule has 1 heterocycles. The average Bonchev–Trinajstić information content (AvgIpc) is 3.29. The minimum atomic E-state index is -0.164. The Morgan fingerprint density at radius 2 is 1.83 bits per heavy atom. The first-order valence-electron chi connectivity index (χ1n) is 10.9. The summed E-state index contributed by atoms with van der Waals surface area (Å²) in [5, 5.41) is 0.679. The third-order valence-electron chi connectivity index (χ3n) is 6.60. The van der Waals surface area contributed by atoms with Crippen LogP contribution in [0.2, 0.25) is 5.02 Å². The Balaban J connectivity index is 1.69. The highest BCUT2D eigenvalue weighted by Gasteiger charge is 2.33. The van der Waals surface area contributed by atoms with Gasteiger partial charge in [0.1, 0.15) is 0 Å². The number of carbonyl (C=O) groups excluding carboxylic acids is 1. The normalized spacial score (nSPS) is 18.9. The van der Waals surface area contributed by atoms with Crippen molar-refractivity contribution in [1.29, 1.82) is 0 Å². The summed E-state index contributed by atoms with van der Waals surface area (Å²) >= 11 is 6.32. The van der Waals surface area contributed by atoms with Crippen molar-refractivity contribution in [3.05, 3.63) is 58.1 Å². The van der Waals surface area contributed by atoms with Crippen molar-refractivity contribution < 1.29 is 14.3 Å². The first kappa shape index (κ1) is 21.0. The maximum atomic E-state index is 13.3. The zero-order valence-electron chi connectivity index (χ0n) is 17.8.